The molecule has 4 heterocycles. The SMILES string of the molecule is Cc1noc(C)c1C(=O)N1CCCOC2(CN(C(=O)c3nccs3)CCO2)C1. The van der Waals surface area contributed by atoms with Crippen molar-refractivity contribution in [3.05, 3.63) is 33.6 Å². The molecule has 0 N–H and O–H groups in total. The maximum atomic E-state index is 13.1. The number of carbonyl (C=O) groups is 2. The number of rotatable bonds is 2. The second-order valence-corrected chi connectivity index (χ2v) is 7.85. The van der Waals surface area contributed by atoms with Crippen molar-refractivity contribution in [1.29, 1.82) is 0 Å². The van der Waals surface area contributed by atoms with Crippen molar-refractivity contribution in [2.75, 3.05) is 39.4 Å². The summed E-state index contributed by atoms with van der Waals surface area (Å²) in [5.41, 5.74) is 1.04. The summed E-state index contributed by atoms with van der Waals surface area (Å²) in [6, 6.07) is 0. The summed E-state index contributed by atoms with van der Waals surface area (Å²) in [7, 11) is 0. The maximum Gasteiger partial charge on any atom is 0.283 e. The summed E-state index contributed by atoms with van der Waals surface area (Å²) in [5, 5.41) is 6.09. The van der Waals surface area contributed by atoms with Crippen LogP contribution in [-0.4, -0.2) is 76.9 Å². The summed E-state index contributed by atoms with van der Waals surface area (Å²) in [5.74, 6) is -0.856. The van der Waals surface area contributed by atoms with E-state index in [1.165, 1.54) is 11.3 Å². The number of thiazole rings is 1. The van der Waals surface area contributed by atoms with E-state index >= 15 is 0 Å². The molecule has 2 aliphatic rings. The van der Waals surface area contributed by atoms with Crippen molar-refractivity contribution in [3.8, 4) is 0 Å². The lowest BCUT2D eigenvalue weighted by molar-refractivity contribution is -0.258. The Labute approximate surface area is 166 Å². The highest BCUT2D eigenvalue weighted by Gasteiger charge is 2.44. The Balaban J connectivity index is 1.54. The third kappa shape index (κ3) is 3.54. The summed E-state index contributed by atoms with van der Waals surface area (Å²) < 4.78 is 17.1. The Morgan fingerprint density at radius 1 is 1.11 bits per heavy atom. The Bertz CT molecular complexity index is 848. The van der Waals surface area contributed by atoms with Crippen LogP contribution >= 0.6 is 11.3 Å². The molecule has 10 heteroatoms. The second-order valence-electron chi connectivity index (χ2n) is 6.95. The molecule has 0 radical (unpaired) electrons. The van der Waals surface area contributed by atoms with Gasteiger partial charge >= 0.3 is 0 Å². The number of hydrogen-bond donors (Lipinski definition) is 0. The molecule has 2 fully saturated rings. The van der Waals surface area contributed by atoms with Crippen LogP contribution in [0, 0.1) is 13.8 Å². The molecule has 0 aliphatic carbocycles. The van der Waals surface area contributed by atoms with Gasteiger partial charge in [0, 0.05) is 24.7 Å². The van der Waals surface area contributed by atoms with Crippen LogP contribution in [0.5, 0.6) is 0 Å². The Morgan fingerprint density at radius 3 is 2.54 bits per heavy atom. The van der Waals surface area contributed by atoms with E-state index in [1.807, 2.05) is 0 Å². The number of hydrogen-bond acceptors (Lipinski definition) is 8. The van der Waals surface area contributed by atoms with Crippen molar-refractivity contribution in [1.82, 2.24) is 19.9 Å². The molecule has 4 rings (SSSR count). The highest BCUT2D eigenvalue weighted by Crippen LogP contribution is 2.27. The number of morpholine rings is 1. The van der Waals surface area contributed by atoms with Crippen molar-refractivity contribution < 1.29 is 23.6 Å². The van der Waals surface area contributed by atoms with E-state index in [0.29, 0.717) is 54.7 Å². The fraction of sp³-hybridized carbons (Fsp3) is 0.556. The zero-order valence-corrected chi connectivity index (χ0v) is 16.7. The van der Waals surface area contributed by atoms with Crippen LogP contribution in [0.15, 0.2) is 16.1 Å². The summed E-state index contributed by atoms with van der Waals surface area (Å²) >= 11 is 1.30. The van der Waals surface area contributed by atoms with Crippen LogP contribution in [0.4, 0.5) is 0 Å². The largest absolute Gasteiger partial charge is 0.361 e. The molecule has 2 saturated heterocycles. The fourth-order valence-corrected chi connectivity index (χ4v) is 4.23. The van der Waals surface area contributed by atoms with Gasteiger partial charge in [-0.2, -0.15) is 0 Å². The number of ether oxygens (including phenoxy) is 2. The average molecular weight is 406 g/mol. The Morgan fingerprint density at radius 2 is 1.86 bits per heavy atom. The molecule has 0 saturated carbocycles. The van der Waals surface area contributed by atoms with Crippen LogP contribution in [0.1, 0.15) is 38.0 Å². The van der Waals surface area contributed by atoms with Crippen LogP contribution in [0.2, 0.25) is 0 Å². The summed E-state index contributed by atoms with van der Waals surface area (Å²) in [4.78, 5) is 33.3. The van der Waals surface area contributed by atoms with Crippen LogP contribution in [0.25, 0.3) is 0 Å². The predicted octanol–water partition coefficient (Wildman–Crippen LogP) is 1.48. The van der Waals surface area contributed by atoms with Crippen molar-refractivity contribution in [2.24, 2.45) is 0 Å². The average Bonchev–Trinajstić information content (AvgIpc) is 3.28. The molecular weight excluding hydrogens is 384 g/mol. The zero-order chi connectivity index (χ0) is 19.7. The normalized spacial score (nSPS) is 23.1. The van der Waals surface area contributed by atoms with Crippen molar-refractivity contribution in [3.63, 3.8) is 0 Å². The van der Waals surface area contributed by atoms with Crippen molar-refractivity contribution >= 4 is 23.2 Å². The smallest absolute Gasteiger partial charge is 0.283 e. The van der Waals surface area contributed by atoms with E-state index < -0.39 is 5.79 Å². The quantitative estimate of drug-likeness (QED) is 0.745. The van der Waals surface area contributed by atoms with Gasteiger partial charge < -0.3 is 23.8 Å². The second kappa shape index (κ2) is 7.61. The van der Waals surface area contributed by atoms with Crippen LogP contribution < -0.4 is 0 Å². The maximum absolute atomic E-state index is 13.1. The number of amides is 2. The minimum Gasteiger partial charge on any atom is -0.361 e. The van der Waals surface area contributed by atoms with Gasteiger partial charge in [0.15, 0.2) is 5.01 Å². The van der Waals surface area contributed by atoms with Crippen LogP contribution in [0.3, 0.4) is 0 Å². The van der Waals surface area contributed by atoms with E-state index in [-0.39, 0.29) is 24.9 Å². The zero-order valence-electron chi connectivity index (χ0n) is 15.8. The first-order valence-corrected chi connectivity index (χ1v) is 10.1. The predicted molar refractivity (Wildman–Crippen MR) is 99.2 cm³/mol. The topological polar surface area (TPSA) is 98.0 Å². The monoisotopic (exact) mass is 406 g/mol. The number of aromatic nitrogens is 2. The summed E-state index contributed by atoms with van der Waals surface area (Å²) in [6.07, 6.45) is 2.29. The standard InChI is InChI=1S/C18H22N4O5S/c1-12-14(13(2)27-20-12)16(23)21-5-3-7-25-18(10-21)11-22(6-8-26-18)17(24)15-19-4-9-28-15/h4,9H,3,5-8,10-11H2,1-2H3. The fourth-order valence-electron chi connectivity index (χ4n) is 3.63. The lowest BCUT2D eigenvalue weighted by atomic mass is 10.1. The van der Waals surface area contributed by atoms with Gasteiger partial charge in [-0.1, -0.05) is 5.16 Å². The van der Waals surface area contributed by atoms with Gasteiger partial charge in [0.25, 0.3) is 11.8 Å². The van der Waals surface area contributed by atoms with Crippen LogP contribution in [-0.2, 0) is 9.47 Å². The van der Waals surface area contributed by atoms with Gasteiger partial charge in [-0.05, 0) is 20.3 Å². The molecule has 150 valence electrons. The van der Waals surface area contributed by atoms with Gasteiger partial charge in [0.2, 0.25) is 5.79 Å². The van der Waals surface area contributed by atoms with Gasteiger partial charge in [0.1, 0.15) is 11.3 Å². The minimum atomic E-state index is -1.05. The first kappa shape index (κ1) is 19.0. The molecule has 2 aliphatic heterocycles. The lowest BCUT2D eigenvalue weighted by Crippen LogP contribution is -2.59. The van der Waals surface area contributed by atoms with E-state index in [2.05, 4.69) is 10.1 Å². The number of carbonyl (C=O) groups excluding carboxylic acids is 2. The molecule has 1 spiro atoms. The first-order chi connectivity index (χ1) is 13.5. The molecule has 2 aromatic rings. The van der Waals surface area contributed by atoms with Gasteiger partial charge in [-0.15, -0.1) is 11.3 Å². The molecule has 1 unspecified atom stereocenters. The molecule has 0 aromatic carbocycles. The van der Waals surface area contributed by atoms with Gasteiger partial charge in [-0.25, -0.2) is 4.98 Å². The molecule has 9 nitrogen and oxygen atoms in total. The Hall–Kier alpha value is -2.30. The van der Waals surface area contributed by atoms with Gasteiger partial charge in [0.05, 0.1) is 32.0 Å². The lowest BCUT2D eigenvalue weighted by Gasteiger charge is -2.42. The number of nitrogens with zero attached hydrogens (tertiary/aromatic N) is 4. The van der Waals surface area contributed by atoms with E-state index in [1.54, 1.807) is 35.2 Å². The first-order valence-electron chi connectivity index (χ1n) is 9.18. The molecule has 0 bridgehead atoms. The molecule has 2 aromatic heterocycles. The van der Waals surface area contributed by atoms with Gasteiger partial charge in [-0.3, -0.25) is 9.59 Å². The Kier molecular flexibility index (Phi) is 5.17. The third-order valence-corrected chi connectivity index (χ3v) is 5.73. The third-order valence-electron chi connectivity index (χ3n) is 4.96. The molecular formula is C18H22N4O5S. The molecule has 2 amide bonds. The van der Waals surface area contributed by atoms with E-state index in [0.717, 1.165) is 0 Å². The molecule has 1 atom stereocenters. The van der Waals surface area contributed by atoms with E-state index in [9.17, 15) is 9.59 Å². The van der Waals surface area contributed by atoms with Crippen molar-refractivity contribution in [2.45, 2.75) is 26.1 Å². The molecule has 28 heavy (non-hydrogen) atoms. The highest BCUT2D eigenvalue weighted by atomic mass is 32.1. The highest BCUT2D eigenvalue weighted by molar-refractivity contribution is 7.11. The van der Waals surface area contributed by atoms with E-state index in [4.69, 9.17) is 14.0 Å². The summed E-state index contributed by atoms with van der Waals surface area (Å²) in [6.45, 7) is 5.74. The minimum absolute atomic E-state index is 0.144. The number of aryl methyl sites for hydroxylation is 2.